The van der Waals surface area contributed by atoms with E-state index in [1.165, 1.54) is 6.07 Å². The summed E-state index contributed by atoms with van der Waals surface area (Å²) in [6, 6.07) is 8.98. The van der Waals surface area contributed by atoms with Gasteiger partial charge < -0.3 is 5.73 Å². The molecule has 3 aromatic rings. The number of hydrogen-bond donors (Lipinski definition) is 1. The van der Waals surface area contributed by atoms with Crippen LogP contribution in [0.5, 0.6) is 0 Å². The lowest BCUT2D eigenvalue weighted by molar-refractivity contribution is 0.0999. The number of primary amides is 1. The molecule has 0 atom stereocenters. The van der Waals surface area contributed by atoms with Crippen molar-refractivity contribution in [2.45, 2.75) is 12.8 Å². The van der Waals surface area contributed by atoms with Crippen LogP contribution in [0.1, 0.15) is 32.6 Å². The quantitative estimate of drug-likeness (QED) is 0.573. The van der Waals surface area contributed by atoms with Gasteiger partial charge in [0.25, 0.3) is 0 Å². The van der Waals surface area contributed by atoms with Gasteiger partial charge in [0.15, 0.2) is 0 Å². The highest BCUT2D eigenvalue weighted by Crippen LogP contribution is 2.42. The summed E-state index contributed by atoms with van der Waals surface area (Å²) in [6.07, 6.45) is 4.01. The maximum atomic E-state index is 14.9. The molecule has 124 valence electrons. The first-order chi connectivity index (χ1) is 12.0. The van der Waals surface area contributed by atoms with Crippen LogP contribution < -0.4 is 5.73 Å². The molecule has 2 N–H and O–H groups in total. The van der Waals surface area contributed by atoms with E-state index in [1.807, 2.05) is 24.3 Å². The normalized spacial score (nSPS) is 11.9. The molecule has 0 saturated heterocycles. The molecule has 6 heteroatoms. The Morgan fingerprint density at radius 3 is 2.68 bits per heavy atom. The topological polar surface area (TPSA) is 68.9 Å². The predicted molar refractivity (Wildman–Crippen MR) is 93.0 cm³/mol. The molecule has 1 aliphatic carbocycles. The Balaban J connectivity index is 1.92. The lowest BCUT2D eigenvalue weighted by atomic mass is 9.91. The van der Waals surface area contributed by atoms with Crippen molar-refractivity contribution in [2.75, 3.05) is 0 Å². The van der Waals surface area contributed by atoms with E-state index in [4.69, 9.17) is 17.3 Å². The molecule has 1 amide bonds. The molecular weight excluding hydrogens is 341 g/mol. The number of rotatable bonds is 3. The highest BCUT2D eigenvalue weighted by molar-refractivity contribution is 6.28. The predicted octanol–water partition coefficient (Wildman–Crippen LogP) is 3.53. The molecule has 0 spiro atoms. The fraction of sp³-hybridized carbons (Fsp3) is 0.105. The molecule has 4 rings (SSSR count). The first-order valence-electron chi connectivity index (χ1n) is 7.73. The average molecular weight is 354 g/mol. The SMILES string of the molecule is NC(=O)c1cc(F)c(Cc2cnc(Cl)nc2)c2c1Cc1ccccc1-2. The molecule has 2 aromatic carbocycles. The minimum atomic E-state index is -0.621. The van der Waals surface area contributed by atoms with Gasteiger partial charge >= 0.3 is 0 Å². The molecule has 0 fully saturated rings. The fourth-order valence-corrected chi connectivity index (χ4v) is 3.48. The third kappa shape index (κ3) is 2.66. The molecule has 0 unspecified atom stereocenters. The van der Waals surface area contributed by atoms with E-state index in [-0.39, 0.29) is 10.8 Å². The molecule has 1 aromatic heterocycles. The van der Waals surface area contributed by atoms with Gasteiger partial charge in [-0.05, 0) is 51.9 Å². The maximum Gasteiger partial charge on any atom is 0.249 e. The summed E-state index contributed by atoms with van der Waals surface area (Å²) in [5.74, 6) is -1.08. The highest BCUT2D eigenvalue weighted by Gasteiger charge is 2.28. The van der Waals surface area contributed by atoms with Crippen molar-refractivity contribution in [3.8, 4) is 11.1 Å². The van der Waals surface area contributed by atoms with E-state index in [2.05, 4.69) is 9.97 Å². The van der Waals surface area contributed by atoms with Crippen LogP contribution in [0.4, 0.5) is 4.39 Å². The number of nitrogens with two attached hydrogens (primary N) is 1. The first-order valence-corrected chi connectivity index (χ1v) is 8.11. The Morgan fingerprint density at radius 1 is 1.24 bits per heavy atom. The van der Waals surface area contributed by atoms with Gasteiger partial charge in [-0.3, -0.25) is 4.79 Å². The van der Waals surface area contributed by atoms with Crippen molar-refractivity contribution in [1.82, 2.24) is 9.97 Å². The van der Waals surface area contributed by atoms with Gasteiger partial charge in [0, 0.05) is 29.9 Å². The molecule has 0 bridgehead atoms. The zero-order chi connectivity index (χ0) is 17.6. The zero-order valence-electron chi connectivity index (χ0n) is 13.1. The monoisotopic (exact) mass is 353 g/mol. The second-order valence-electron chi connectivity index (χ2n) is 5.97. The Morgan fingerprint density at radius 2 is 1.96 bits per heavy atom. The summed E-state index contributed by atoms with van der Waals surface area (Å²) in [5, 5.41) is 0.142. The second-order valence-corrected chi connectivity index (χ2v) is 6.31. The molecule has 1 heterocycles. The average Bonchev–Trinajstić information content (AvgIpc) is 2.98. The Hall–Kier alpha value is -2.79. The van der Waals surface area contributed by atoms with Gasteiger partial charge in [0.2, 0.25) is 11.2 Å². The number of hydrogen-bond acceptors (Lipinski definition) is 3. The Kier molecular flexibility index (Phi) is 3.73. The van der Waals surface area contributed by atoms with Crippen molar-refractivity contribution in [3.05, 3.63) is 81.6 Å². The minimum Gasteiger partial charge on any atom is -0.366 e. The number of amides is 1. The maximum absolute atomic E-state index is 14.9. The third-order valence-corrected chi connectivity index (χ3v) is 4.66. The first kappa shape index (κ1) is 15.7. The van der Waals surface area contributed by atoms with Gasteiger partial charge in [-0.2, -0.15) is 0 Å². The lowest BCUT2D eigenvalue weighted by Crippen LogP contribution is -2.15. The molecule has 0 radical (unpaired) electrons. The molecule has 25 heavy (non-hydrogen) atoms. The van der Waals surface area contributed by atoms with Crippen LogP contribution in [0.2, 0.25) is 5.28 Å². The highest BCUT2D eigenvalue weighted by atomic mass is 35.5. The van der Waals surface area contributed by atoms with Crippen LogP contribution in [0.15, 0.2) is 42.7 Å². The standard InChI is InChI=1S/C19H13ClFN3O/c20-19-23-8-10(9-24-19)5-15-16(21)7-14(18(22)25)13-6-11-3-1-2-4-12(11)17(13)15/h1-4,7-9H,5-6H2,(H2,22,25). The zero-order valence-corrected chi connectivity index (χ0v) is 13.8. The van der Waals surface area contributed by atoms with Gasteiger partial charge in [-0.1, -0.05) is 24.3 Å². The van der Waals surface area contributed by atoms with Crippen molar-refractivity contribution in [2.24, 2.45) is 5.73 Å². The molecule has 0 aliphatic heterocycles. The lowest BCUT2D eigenvalue weighted by Gasteiger charge is -2.14. The molecule has 0 saturated carbocycles. The summed E-state index contributed by atoms with van der Waals surface area (Å²) in [4.78, 5) is 19.7. The van der Waals surface area contributed by atoms with Crippen LogP contribution in [0.25, 0.3) is 11.1 Å². The van der Waals surface area contributed by atoms with Crippen molar-refractivity contribution in [1.29, 1.82) is 0 Å². The van der Waals surface area contributed by atoms with E-state index >= 15 is 0 Å². The van der Waals surface area contributed by atoms with Crippen molar-refractivity contribution < 1.29 is 9.18 Å². The summed E-state index contributed by atoms with van der Waals surface area (Å²) in [6.45, 7) is 0. The number of benzene rings is 2. The van der Waals surface area contributed by atoms with Crippen molar-refractivity contribution in [3.63, 3.8) is 0 Å². The van der Waals surface area contributed by atoms with E-state index in [1.54, 1.807) is 12.4 Å². The van der Waals surface area contributed by atoms with E-state index < -0.39 is 11.7 Å². The van der Waals surface area contributed by atoms with E-state index in [0.717, 1.165) is 27.8 Å². The van der Waals surface area contributed by atoms with Crippen LogP contribution in [-0.2, 0) is 12.8 Å². The Bertz CT molecular complexity index is 1000. The minimum absolute atomic E-state index is 0.142. The number of carbonyl (C=O) groups excluding carboxylic acids is 1. The number of halogens is 2. The van der Waals surface area contributed by atoms with Crippen LogP contribution in [-0.4, -0.2) is 15.9 Å². The summed E-state index contributed by atoms with van der Waals surface area (Å²) in [5.41, 5.74) is 10.5. The third-order valence-electron chi connectivity index (χ3n) is 4.46. The van der Waals surface area contributed by atoms with E-state index in [9.17, 15) is 9.18 Å². The largest absolute Gasteiger partial charge is 0.366 e. The summed E-state index contributed by atoms with van der Waals surface area (Å²) < 4.78 is 14.9. The van der Waals surface area contributed by atoms with Gasteiger partial charge in [0.1, 0.15) is 5.82 Å². The number of carbonyl (C=O) groups is 1. The van der Waals surface area contributed by atoms with Gasteiger partial charge in [-0.25, -0.2) is 14.4 Å². The molecule has 1 aliphatic rings. The van der Waals surface area contributed by atoms with Gasteiger partial charge in [-0.15, -0.1) is 0 Å². The van der Waals surface area contributed by atoms with Crippen molar-refractivity contribution >= 4 is 17.5 Å². The number of nitrogens with zero attached hydrogens (tertiary/aromatic N) is 2. The van der Waals surface area contributed by atoms with Crippen LogP contribution in [0.3, 0.4) is 0 Å². The number of fused-ring (bicyclic) bond motifs is 3. The van der Waals surface area contributed by atoms with E-state index in [0.29, 0.717) is 18.4 Å². The summed E-state index contributed by atoms with van der Waals surface area (Å²) >= 11 is 5.71. The summed E-state index contributed by atoms with van der Waals surface area (Å²) in [7, 11) is 0. The molecular formula is C19H13ClFN3O. The number of aromatic nitrogens is 2. The molecule has 4 nitrogen and oxygen atoms in total. The smallest absolute Gasteiger partial charge is 0.249 e. The Labute approximate surface area is 148 Å². The van der Waals surface area contributed by atoms with Gasteiger partial charge in [0.05, 0.1) is 0 Å². The van der Waals surface area contributed by atoms with Crippen LogP contribution >= 0.6 is 11.6 Å². The van der Waals surface area contributed by atoms with Crippen LogP contribution in [0, 0.1) is 5.82 Å². The fourth-order valence-electron chi connectivity index (χ4n) is 3.38. The second kappa shape index (κ2) is 5.93.